The Kier molecular flexibility index (Phi) is 2.52. The highest BCUT2D eigenvalue weighted by atomic mass is 16.5. The second-order valence-electron chi connectivity index (χ2n) is 4.90. The second kappa shape index (κ2) is 4.49. The molecule has 2 heteroatoms. The van der Waals surface area contributed by atoms with Crippen LogP contribution in [0.25, 0.3) is 0 Å². The molecule has 1 aromatic heterocycles. The molecule has 0 aliphatic carbocycles. The van der Waals surface area contributed by atoms with E-state index in [2.05, 4.69) is 53.4 Å². The van der Waals surface area contributed by atoms with E-state index in [9.17, 15) is 0 Å². The van der Waals surface area contributed by atoms with Crippen LogP contribution in [0.1, 0.15) is 17.2 Å². The van der Waals surface area contributed by atoms with Gasteiger partial charge < -0.3 is 4.74 Å². The third kappa shape index (κ3) is 1.69. The lowest BCUT2D eigenvalue weighted by molar-refractivity contribution is -0.705. The molecule has 0 radical (unpaired) electrons. The fourth-order valence-corrected chi connectivity index (χ4v) is 2.79. The van der Waals surface area contributed by atoms with E-state index in [1.807, 2.05) is 30.3 Å². The second-order valence-corrected chi connectivity index (χ2v) is 4.90. The van der Waals surface area contributed by atoms with Crippen molar-refractivity contribution in [2.75, 3.05) is 0 Å². The molecule has 96 valence electrons. The molecule has 0 bridgehead atoms. The van der Waals surface area contributed by atoms with Crippen LogP contribution >= 0.6 is 0 Å². The van der Waals surface area contributed by atoms with Crippen LogP contribution in [-0.2, 0) is 0 Å². The maximum Gasteiger partial charge on any atom is 0.216 e. The van der Waals surface area contributed by atoms with Crippen LogP contribution in [0.2, 0.25) is 0 Å². The maximum absolute atomic E-state index is 6.02. The Balaban J connectivity index is 1.98. The van der Waals surface area contributed by atoms with Gasteiger partial charge in [0.1, 0.15) is 11.5 Å². The van der Waals surface area contributed by atoms with Crippen molar-refractivity contribution < 1.29 is 9.30 Å². The van der Waals surface area contributed by atoms with Crippen molar-refractivity contribution in [3.63, 3.8) is 0 Å². The molecule has 2 aromatic carbocycles. The number of pyridine rings is 1. The fourth-order valence-electron chi connectivity index (χ4n) is 2.79. The summed E-state index contributed by atoms with van der Waals surface area (Å²) in [5.41, 5.74) is 2.39. The van der Waals surface area contributed by atoms with E-state index in [-0.39, 0.29) is 6.04 Å². The SMILES string of the molecule is c1cc[n+](C2c3ccccc3Oc3ccccc32)cc1. The summed E-state index contributed by atoms with van der Waals surface area (Å²) in [4.78, 5) is 0. The van der Waals surface area contributed by atoms with Crippen molar-refractivity contribution >= 4 is 0 Å². The van der Waals surface area contributed by atoms with Crippen LogP contribution in [0.5, 0.6) is 11.5 Å². The molecule has 0 saturated heterocycles. The van der Waals surface area contributed by atoms with Gasteiger partial charge in [0.15, 0.2) is 12.4 Å². The van der Waals surface area contributed by atoms with Gasteiger partial charge in [-0.1, -0.05) is 30.3 Å². The summed E-state index contributed by atoms with van der Waals surface area (Å²) < 4.78 is 8.24. The van der Waals surface area contributed by atoms with Crippen molar-refractivity contribution in [2.45, 2.75) is 6.04 Å². The lowest BCUT2D eigenvalue weighted by atomic mass is 9.94. The molecular formula is C18H14NO+. The molecule has 20 heavy (non-hydrogen) atoms. The molecule has 1 aliphatic rings. The smallest absolute Gasteiger partial charge is 0.216 e. The van der Waals surface area contributed by atoms with Gasteiger partial charge in [0.05, 0.1) is 11.1 Å². The van der Waals surface area contributed by atoms with Gasteiger partial charge in [-0.3, -0.25) is 0 Å². The standard InChI is InChI=1S/C18H14NO/c1-6-12-19(13-7-1)18-14-8-2-4-10-16(14)20-17-11-5-3-9-15(17)18/h1-13,18H/q+1. The van der Waals surface area contributed by atoms with Gasteiger partial charge in [-0.25, -0.2) is 0 Å². The van der Waals surface area contributed by atoms with Crippen molar-refractivity contribution in [3.8, 4) is 11.5 Å². The first-order valence-corrected chi connectivity index (χ1v) is 6.75. The predicted octanol–water partition coefficient (Wildman–Crippen LogP) is 3.72. The minimum Gasteiger partial charge on any atom is -0.456 e. The summed E-state index contributed by atoms with van der Waals surface area (Å²) in [7, 11) is 0. The Bertz CT molecular complexity index is 707. The van der Waals surface area contributed by atoms with Crippen LogP contribution in [-0.4, -0.2) is 0 Å². The highest BCUT2D eigenvalue weighted by Crippen LogP contribution is 2.41. The highest BCUT2D eigenvalue weighted by molar-refractivity contribution is 5.51. The Morgan fingerprint density at radius 1 is 0.650 bits per heavy atom. The van der Waals surface area contributed by atoms with Crippen molar-refractivity contribution in [1.29, 1.82) is 0 Å². The first kappa shape index (κ1) is 11.2. The fraction of sp³-hybridized carbons (Fsp3) is 0.0556. The third-order valence-corrected chi connectivity index (χ3v) is 3.68. The van der Waals surface area contributed by atoms with Crippen molar-refractivity contribution in [3.05, 3.63) is 90.3 Å². The zero-order valence-corrected chi connectivity index (χ0v) is 10.9. The van der Waals surface area contributed by atoms with Crippen LogP contribution in [0, 0.1) is 0 Å². The Hall–Kier alpha value is -2.61. The third-order valence-electron chi connectivity index (χ3n) is 3.68. The Morgan fingerprint density at radius 2 is 1.20 bits per heavy atom. The zero-order chi connectivity index (χ0) is 13.4. The maximum atomic E-state index is 6.02. The van der Waals surface area contributed by atoms with E-state index in [1.165, 1.54) is 11.1 Å². The summed E-state index contributed by atoms with van der Waals surface area (Å²) >= 11 is 0. The zero-order valence-electron chi connectivity index (χ0n) is 10.9. The van der Waals surface area contributed by atoms with Gasteiger partial charge in [-0.2, -0.15) is 4.57 Å². The number of rotatable bonds is 1. The molecule has 4 rings (SSSR count). The van der Waals surface area contributed by atoms with Crippen LogP contribution in [0.4, 0.5) is 0 Å². The molecule has 0 spiro atoms. The average Bonchev–Trinajstić information content (AvgIpc) is 2.53. The first-order chi connectivity index (χ1) is 9.93. The quantitative estimate of drug-likeness (QED) is 0.475. The molecule has 0 N–H and O–H groups in total. The molecule has 0 unspecified atom stereocenters. The summed E-state index contributed by atoms with van der Waals surface area (Å²) in [5, 5.41) is 0. The lowest BCUT2D eigenvalue weighted by Gasteiger charge is -2.24. The van der Waals surface area contributed by atoms with Gasteiger partial charge >= 0.3 is 0 Å². The van der Waals surface area contributed by atoms with E-state index in [0.29, 0.717) is 0 Å². The van der Waals surface area contributed by atoms with E-state index < -0.39 is 0 Å². The van der Waals surface area contributed by atoms with E-state index in [0.717, 1.165) is 11.5 Å². The number of nitrogens with zero attached hydrogens (tertiary/aromatic N) is 1. The molecule has 0 amide bonds. The van der Waals surface area contributed by atoms with Crippen molar-refractivity contribution in [1.82, 2.24) is 0 Å². The van der Waals surface area contributed by atoms with Gasteiger partial charge in [-0.15, -0.1) is 0 Å². The Morgan fingerprint density at radius 3 is 1.80 bits per heavy atom. The monoisotopic (exact) mass is 260 g/mol. The van der Waals surface area contributed by atoms with Gasteiger partial charge in [0.25, 0.3) is 0 Å². The van der Waals surface area contributed by atoms with Gasteiger partial charge in [0, 0.05) is 12.1 Å². The number of hydrogen-bond acceptors (Lipinski definition) is 1. The van der Waals surface area contributed by atoms with E-state index in [1.54, 1.807) is 0 Å². The molecule has 1 aliphatic heterocycles. The summed E-state index contributed by atoms with van der Waals surface area (Å²) in [6.07, 6.45) is 4.20. The molecule has 0 atom stereocenters. The highest BCUT2D eigenvalue weighted by Gasteiger charge is 2.33. The normalized spacial score (nSPS) is 13.2. The lowest BCUT2D eigenvalue weighted by Crippen LogP contribution is -2.41. The molecule has 0 saturated carbocycles. The molecule has 2 heterocycles. The number of benzene rings is 2. The number of hydrogen-bond donors (Lipinski definition) is 0. The van der Waals surface area contributed by atoms with Crippen LogP contribution < -0.4 is 9.30 Å². The largest absolute Gasteiger partial charge is 0.456 e. The molecule has 2 nitrogen and oxygen atoms in total. The van der Waals surface area contributed by atoms with E-state index >= 15 is 0 Å². The van der Waals surface area contributed by atoms with Gasteiger partial charge in [-0.05, 0) is 24.3 Å². The number of ether oxygens (including phenoxy) is 1. The average molecular weight is 260 g/mol. The Labute approximate surface area is 117 Å². The number of para-hydroxylation sites is 2. The van der Waals surface area contributed by atoms with E-state index in [4.69, 9.17) is 4.74 Å². The summed E-state index contributed by atoms with van der Waals surface area (Å²) in [6.45, 7) is 0. The topological polar surface area (TPSA) is 13.1 Å². The van der Waals surface area contributed by atoms with Crippen LogP contribution in [0.3, 0.4) is 0 Å². The minimum absolute atomic E-state index is 0.164. The van der Waals surface area contributed by atoms with Crippen LogP contribution in [0.15, 0.2) is 79.1 Å². The molecule has 0 fully saturated rings. The predicted molar refractivity (Wildman–Crippen MR) is 76.8 cm³/mol. The van der Waals surface area contributed by atoms with Crippen molar-refractivity contribution in [2.24, 2.45) is 0 Å². The summed E-state index contributed by atoms with van der Waals surface area (Å²) in [6, 6.07) is 22.8. The number of fused-ring (bicyclic) bond motifs is 2. The first-order valence-electron chi connectivity index (χ1n) is 6.75. The molecule has 3 aromatic rings. The summed E-state index contributed by atoms with van der Waals surface area (Å²) in [5.74, 6) is 1.88. The number of aromatic nitrogens is 1. The minimum atomic E-state index is 0.164. The molecular weight excluding hydrogens is 246 g/mol. The van der Waals surface area contributed by atoms with Gasteiger partial charge in [0.2, 0.25) is 6.04 Å².